The summed E-state index contributed by atoms with van der Waals surface area (Å²) in [7, 11) is 0. The van der Waals surface area contributed by atoms with Crippen molar-refractivity contribution in [3.63, 3.8) is 0 Å². The minimum absolute atomic E-state index is 0.117. The third kappa shape index (κ3) is 9.97. The molecule has 0 unspecified atom stereocenters. The molecule has 0 aromatic heterocycles. The lowest BCUT2D eigenvalue weighted by molar-refractivity contribution is 0.911. The summed E-state index contributed by atoms with van der Waals surface area (Å²) in [5, 5.41) is 20.8. The summed E-state index contributed by atoms with van der Waals surface area (Å²) >= 11 is 1.95. The summed E-state index contributed by atoms with van der Waals surface area (Å²) in [6.07, 6.45) is 0.787. The van der Waals surface area contributed by atoms with E-state index in [1.165, 1.54) is 202 Å². The van der Waals surface area contributed by atoms with E-state index >= 15 is 0 Å². The zero-order chi connectivity index (χ0) is 70.2. The Bertz CT molecular complexity index is 6680. The van der Waals surface area contributed by atoms with E-state index in [0.29, 0.717) is 6.54 Å². The van der Waals surface area contributed by atoms with Crippen molar-refractivity contribution in [1.29, 1.82) is 0 Å². The van der Waals surface area contributed by atoms with E-state index in [0.717, 1.165) is 24.3 Å². The second-order valence-electron chi connectivity index (χ2n) is 29.2. The molecule has 2 aliphatic rings. The van der Waals surface area contributed by atoms with Crippen molar-refractivity contribution < 1.29 is 0 Å². The number of nitrogens with zero attached hydrogens (tertiary/aromatic N) is 2. The third-order valence-electron chi connectivity index (χ3n) is 23.4. The molecule has 2 nitrogen and oxygen atoms in total. The van der Waals surface area contributed by atoms with Crippen LogP contribution in [0.4, 0.5) is 22.7 Å². The van der Waals surface area contributed by atoms with Crippen LogP contribution < -0.4 is 26.2 Å². The van der Waals surface area contributed by atoms with Gasteiger partial charge in [0, 0.05) is 45.6 Å². The molecular weight excluding hydrogens is 1310 g/mol. The van der Waals surface area contributed by atoms with Gasteiger partial charge >= 0.3 is 0 Å². The third-order valence-corrected chi connectivity index (χ3v) is 24.6. The molecule has 4 heteroatoms. The molecule has 20 aromatic carbocycles. The Morgan fingerprint density at radius 3 is 1.17 bits per heavy atom. The zero-order valence-corrected chi connectivity index (χ0v) is 59.5. The van der Waals surface area contributed by atoms with E-state index in [2.05, 4.69) is 380 Å². The minimum atomic E-state index is -0.117. The van der Waals surface area contributed by atoms with Crippen LogP contribution in [0.25, 0.3) is 153 Å². The zero-order valence-electron chi connectivity index (χ0n) is 58.7. The Kier molecular flexibility index (Phi) is 14.3. The Morgan fingerprint density at radius 2 is 0.673 bits per heavy atom. The van der Waals surface area contributed by atoms with Crippen molar-refractivity contribution in [2.75, 3.05) is 16.3 Å². The van der Waals surface area contributed by atoms with Crippen LogP contribution in [0.2, 0.25) is 0 Å². The molecule has 2 aliphatic heterocycles. The van der Waals surface area contributed by atoms with Crippen LogP contribution in [0.1, 0.15) is 11.1 Å². The lowest BCUT2D eigenvalue weighted by Crippen LogP contribution is -2.60. The van der Waals surface area contributed by atoms with Crippen LogP contribution in [0.5, 0.6) is 0 Å². The van der Waals surface area contributed by atoms with Crippen LogP contribution in [-0.2, 0) is 13.0 Å². The molecule has 2 heterocycles. The molecule has 498 valence electrons. The molecule has 0 saturated heterocycles. The van der Waals surface area contributed by atoms with E-state index < -0.39 is 0 Å². The largest absolute Gasteiger partial charge is 0.342 e. The number of fused-ring (bicyclic) bond motifs is 8. The molecule has 20 aromatic rings. The van der Waals surface area contributed by atoms with Crippen LogP contribution in [0, 0.1) is 0 Å². The van der Waals surface area contributed by atoms with E-state index in [4.69, 9.17) is 0 Å². The van der Waals surface area contributed by atoms with Crippen LogP contribution in [-0.4, -0.2) is 13.3 Å². The minimum Gasteiger partial charge on any atom is -0.342 e. The lowest BCUT2D eigenvalue weighted by atomic mass is 9.34. The first-order chi connectivity index (χ1) is 53.1. The highest BCUT2D eigenvalue weighted by molar-refractivity contribution is 8.00. The maximum Gasteiger partial charge on any atom is 0.249 e. The first-order valence-electron chi connectivity index (χ1n) is 37.5. The van der Waals surface area contributed by atoms with Crippen molar-refractivity contribution >= 4 is 144 Å². The van der Waals surface area contributed by atoms with Gasteiger partial charge in [0.1, 0.15) is 0 Å². The molecule has 0 saturated carbocycles. The van der Waals surface area contributed by atoms with Gasteiger partial charge in [-0.25, -0.2) is 0 Å². The van der Waals surface area contributed by atoms with E-state index in [1.807, 2.05) is 11.8 Å². The van der Waals surface area contributed by atoms with Crippen molar-refractivity contribution in [1.82, 2.24) is 0 Å². The smallest absolute Gasteiger partial charge is 0.249 e. The highest BCUT2D eigenvalue weighted by Crippen LogP contribution is 2.49. The number of hydrogen-bond donors (Lipinski definition) is 0. The van der Waals surface area contributed by atoms with Gasteiger partial charge in [-0.05, 0) is 230 Å². The molecule has 0 fully saturated rings. The predicted octanol–water partition coefficient (Wildman–Crippen LogP) is 25.8. The molecule has 0 bridgehead atoms. The summed E-state index contributed by atoms with van der Waals surface area (Å²) in [6, 6.07) is 140. The van der Waals surface area contributed by atoms with Gasteiger partial charge < -0.3 is 9.80 Å². The SMILES string of the molecule is c1ccc(-c2ccc(N(Cc3cc4c5c(c3)N(CCc3c(-c6ccccc6)cccc3-c3ccccc3)c3ccc(-c6ccc7c8cccc9cccc(c%10cccc6c%107)c98)cc3B5c3cc(-c5ccc6c7cccc8cccc(c9cccc5c96)c87)ccc3S4)c3ccc(-c4ccccc4)cc3)cc2)cc1. The molecule has 0 N–H and O–H groups in total. The highest BCUT2D eigenvalue weighted by atomic mass is 32.2. The molecule has 0 amide bonds. The van der Waals surface area contributed by atoms with Crippen LogP contribution >= 0.6 is 11.8 Å². The Hall–Kier alpha value is -13.0. The normalized spacial score (nSPS) is 12.5. The second-order valence-corrected chi connectivity index (χ2v) is 30.2. The number of anilines is 4. The van der Waals surface area contributed by atoms with Gasteiger partial charge in [0.2, 0.25) is 6.71 Å². The molecule has 0 radical (unpaired) electrons. The van der Waals surface area contributed by atoms with E-state index in [-0.39, 0.29) is 6.71 Å². The van der Waals surface area contributed by atoms with Gasteiger partial charge in [0.05, 0.1) is 0 Å². The summed E-state index contributed by atoms with van der Waals surface area (Å²) in [4.78, 5) is 7.83. The molecular formula is C103H67BN2S. The van der Waals surface area contributed by atoms with Crippen molar-refractivity contribution in [3.05, 3.63) is 381 Å². The summed E-state index contributed by atoms with van der Waals surface area (Å²) in [5.74, 6) is 0. The topological polar surface area (TPSA) is 6.48 Å². The lowest BCUT2D eigenvalue weighted by Gasteiger charge is -2.41. The van der Waals surface area contributed by atoms with Crippen LogP contribution in [0.15, 0.2) is 380 Å². The fourth-order valence-electron chi connectivity index (χ4n) is 18.7. The average Bonchev–Trinajstić information content (AvgIpc) is 0.715. The van der Waals surface area contributed by atoms with Gasteiger partial charge in [-0.2, -0.15) is 0 Å². The fourth-order valence-corrected chi connectivity index (χ4v) is 19.9. The summed E-state index contributed by atoms with van der Waals surface area (Å²) in [5.41, 5.74) is 26.0. The van der Waals surface area contributed by atoms with Gasteiger partial charge in [0.15, 0.2) is 0 Å². The van der Waals surface area contributed by atoms with E-state index in [9.17, 15) is 0 Å². The first-order valence-corrected chi connectivity index (χ1v) is 38.3. The molecule has 0 spiro atoms. The van der Waals surface area contributed by atoms with Gasteiger partial charge in [-0.15, -0.1) is 0 Å². The maximum absolute atomic E-state index is 2.73. The quantitative estimate of drug-likeness (QED) is 0.0645. The maximum atomic E-state index is 2.73. The Morgan fingerprint density at radius 1 is 0.271 bits per heavy atom. The monoisotopic (exact) mass is 1370 g/mol. The number of rotatable bonds is 13. The fraction of sp³-hybridized carbons (Fsp3) is 0.0291. The van der Waals surface area contributed by atoms with Crippen molar-refractivity contribution in [2.45, 2.75) is 22.8 Å². The van der Waals surface area contributed by atoms with E-state index in [1.54, 1.807) is 0 Å². The molecule has 0 atom stereocenters. The number of benzene rings is 20. The molecule has 0 aliphatic carbocycles. The standard InChI is InChI=1S/C103H67BN2S/c1-5-20-66(21-6-1)68-42-48-76(49-43-68)106(77-50-44-69(45-51-77)67-22-7-2-8-23-67)64-65-60-96-103-98(61-65)107-97-57-47-75(81-53-55-92-88-37-16-31-73-29-14-35-86(100(73)88)90-41-19-39-84(81)102(90)92)63-94(97)104(103)93-62-74(80-52-54-91-87-36-15-30-72-28-13-34-85(99(72)87)89-40-18-38-83(80)101(89)91)46-56-95(93)105(96)59-58-82-78(70-24-9-3-10-25-70)32-17-33-79(82)71-26-11-4-12-27-71/h1-57,60-63H,58-59,64H2. The van der Waals surface area contributed by atoms with Gasteiger partial charge in [-0.1, -0.05) is 339 Å². The molecule has 107 heavy (non-hydrogen) atoms. The Balaban J connectivity index is 0.768. The summed E-state index contributed by atoms with van der Waals surface area (Å²) in [6.45, 7) is 1.25. The van der Waals surface area contributed by atoms with Gasteiger partial charge in [-0.3, -0.25) is 0 Å². The van der Waals surface area contributed by atoms with Crippen molar-refractivity contribution in [3.8, 4) is 66.8 Å². The average molecular weight is 1380 g/mol. The van der Waals surface area contributed by atoms with Gasteiger partial charge in [0.25, 0.3) is 0 Å². The highest BCUT2D eigenvalue weighted by Gasteiger charge is 2.42. The molecule has 22 rings (SSSR count). The predicted molar refractivity (Wildman–Crippen MR) is 459 cm³/mol. The first kappa shape index (κ1) is 61.5. The van der Waals surface area contributed by atoms with Crippen LogP contribution in [0.3, 0.4) is 0 Å². The second kappa shape index (κ2) is 24.9. The number of hydrogen-bond acceptors (Lipinski definition) is 3. The van der Waals surface area contributed by atoms with Crippen molar-refractivity contribution in [2.24, 2.45) is 0 Å². The Labute approximate surface area is 626 Å². The summed E-state index contributed by atoms with van der Waals surface area (Å²) < 4.78 is 0.